The molecule has 0 fully saturated rings. The van der Waals surface area contributed by atoms with Gasteiger partial charge in [-0.05, 0) is 55.2 Å². The molecule has 29 heavy (non-hydrogen) atoms. The standard InChI is InChI=1S/C23H24N2O3S/c1-14-9-10-20-18(12-14)21(17-7-3-4-8-19(17)25-20)23(27)28-15(2)22(26)24-13-16-6-5-11-29-16/h3-8,11,14-15H,9-10,12-13H2,1-2H3,(H,24,26)/t14-,15+/m1/s1. The molecule has 150 valence electrons. The molecule has 0 aliphatic heterocycles. The number of carbonyl (C=O) groups is 2. The van der Waals surface area contributed by atoms with Crippen LogP contribution in [0.4, 0.5) is 0 Å². The normalized spacial score (nSPS) is 16.8. The molecule has 1 aliphatic carbocycles. The van der Waals surface area contributed by atoms with E-state index in [1.54, 1.807) is 18.3 Å². The minimum Gasteiger partial charge on any atom is -0.449 e. The number of esters is 1. The van der Waals surface area contributed by atoms with Crippen molar-refractivity contribution in [3.8, 4) is 0 Å². The first-order valence-corrected chi connectivity index (χ1v) is 10.8. The van der Waals surface area contributed by atoms with Gasteiger partial charge in [-0.1, -0.05) is 31.2 Å². The van der Waals surface area contributed by atoms with Gasteiger partial charge in [0.2, 0.25) is 0 Å². The second kappa shape index (κ2) is 8.33. The summed E-state index contributed by atoms with van der Waals surface area (Å²) in [5.41, 5.74) is 3.31. The van der Waals surface area contributed by atoms with Crippen LogP contribution in [0.2, 0.25) is 0 Å². The summed E-state index contributed by atoms with van der Waals surface area (Å²) in [7, 11) is 0. The number of hydrogen-bond donors (Lipinski definition) is 1. The molecule has 1 aliphatic rings. The number of para-hydroxylation sites is 1. The SMILES string of the molecule is C[C@@H]1CCc2nc3ccccc3c(C(=O)O[C@@H](C)C(=O)NCc3cccs3)c2C1. The van der Waals surface area contributed by atoms with Crippen LogP contribution in [0.1, 0.15) is 46.8 Å². The van der Waals surface area contributed by atoms with E-state index in [2.05, 4.69) is 12.2 Å². The van der Waals surface area contributed by atoms with Crippen molar-refractivity contribution in [2.45, 2.75) is 45.8 Å². The van der Waals surface area contributed by atoms with Gasteiger partial charge in [0, 0.05) is 16.0 Å². The molecule has 1 aromatic carbocycles. The third-order valence-corrected chi connectivity index (χ3v) is 6.26. The predicted molar refractivity (Wildman–Crippen MR) is 114 cm³/mol. The number of aromatic nitrogens is 1. The summed E-state index contributed by atoms with van der Waals surface area (Å²) in [5.74, 6) is -0.261. The van der Waals surface area contributed by atoms with E-state index in [0.717, 1.165) is 46.3 Å². The maximum atomic E-state index is 13.2. The summed E-state index contributed by atoms with van der Waals surface area (Å²) < 4.78 is 5.60. The van der Waals surface area contributed by atoms with E-state index in [-0.39, 0.29) is 5.91 Å². The van der Waals surface area contributed by atoms with Crippen LogP contribution in [0.25, 0.3) is 10.9 Å². The largest absolute Gasteiger partial charge is 0.449 e. The van der Waals surface area contributed by atoms with E-state index < -0.39 is 12.1 Å². The first-order valence-electron chi connectivity index (χ1n) is 9.94. The summed E-state index contributed by atoms with van der Waals surface area (Å²) in [5, 5.41) is 5.58. The van der Waals surface area contributed by atoms with Gasteiger partial charge in [-0.25, -0.2) is 4.79 Å². The van der Waals surface area contributed by atoms with E-state index in [0.29, 0.717) is 18.0 Å². The smallest absolute Gasteiger partial charge is 0.339 e. The number of rotatable bonds is 5. The van der Waals surface area contributed by atoms with E-state index in [1.165, 1.54) is 0 Å². The lowest BCUT2D eigenvalue weighted by molar-refractivity contribution is -0.129. The van der Waals surface area contributed by atoms with Crippen molar-refractivity contribution in [1.82, 2.24) is 10.3 Å². The molecule has 1 N–H and O–H groups in total. The van der Waals surface area contributed by atoms with Crippen molar-refractivity contribution >= 4 is 34.1 Å². The fraction of sp³-hybridized carbons (Fsp3) is 0.348. The maximum Gasteiger partial charge on any atom is 0.339 e. The average Bonchev–Trinajstić information content (AvgIpc) is 3.23. The predicted octanol–water partition coefficient (Wildman–Crippen LogP) is 4.28. The van der Waals surface area contributed by atoms with Crippen LogP contribution in [-0.4, -0.2) is 23.0 Å². The zero-order valence-corrected chi connectivity index (χ0v) is 17.4. The van der Waals surface area contributed by atoms with Crippen LogP contribution >= 0.6 is 11.3 Å². The van der Waals surface area contributed by atoms with Crippen molar-refractivity contribution in [3.05, 3.63) is 63.5 Å². The molecule has 0 radical (unpaired) electrons. The molecule has 2 heterocycles. The molecule has 0 unspecified atom stereocenters. The van der Waals surface area contributed by atoms with Crippen LogP contribution in [0, 0.1) is 5.92 Å². The number of nitrogens with one attached hydrogen (secondary N) is 1. The first kappa shape index (κ1) is 19.6. The highest BCUT2D eigenvalue weighted by Crippen LogP contribution is 2.32. The Morgan fingerprint density at radius 3 is 2.90 bits per heavy atom. The van der Waals surface area contributed by atoms with Crippen molar-refractivity contribution in [2.24, 2.45) is 5.92 Å². The van der Waals surface area contributed by atoms with Crippen molar-refractivity contribution < 1.29 is 14.3 Å². The van der Waals surface area contributed by atoms with Gasteiger partial charge in [-0.3, -0.25) is 9.78 Å². The van der Waals surface area contributed by atoms with Crippen molar-refractivity contribution in [2.75, 3.05) is 0 Å². The van der Waals surface area contributed by atoms with Crippen LogP contribution in [0.15, 0.2) is 41.8 Å². The summed E-state index contributed by atoms with van der Waals surface area (Å²) in [4.78, 5) is 31.4. The summed E-state index contributed by atoms with van der Waals surface area (Å²) in [6.45, 7) is 4.23. The molecule has 5 nitrogen and oxygen atoms in total. The van der Waals surface area contributed by atoms with Gasteiger partial charge in [0.05, 0.1) is 17.6 Å². The number of hydrogen-bond acceptors (Lipinski definition) is 5. The van der Waals surface area contributed by atoms with Gasteiger partial charge >= 0.3 is 5.97 Å². The number of thiophene rings is 1. The first-order chi connectivity index (χ1) is 14.0. The number of nitrogens with zero attached hydrogens (tertiary/aromatic N) is 1. The maximum absolute atomic E-state index is 13.2. The lowest BCUT2D eigenvalue weighted by Crippen LogP contribution is -2.35. The third kappa shape index (κ3) is 4.17. The molecule has 1 amide bonds. The van der Waals surface area contributed by atoms with Crippen LogP contribution in [0.3, 0.4) is 0 Å². The topological polar surface area (TPSA) is 68.3 Å². The highest BCUT2D eigenvalue weighted by Gasteiger charge is 2.28. The average molecular weight is 409 g/mol. The Labute approximate surface area is 174 Å². The van der Waals surface area contributed by atoms with Crippen LogP contribution in [-0.2, 0) is 28.9 Å². The Morgan fingerprint density at radius 2 is 2.10 bits per heavy atom. The Hall–Kier alpha value is -2.73. The number of carbonyl (C=O) groups excluding carboxylic acids is 2. The Kier molecular flexibility index (Phi) is 5.62. The quantitative estimate of drug-likeness (QED) is 0.640. The highest BCUT2D eigenvalue weighted by atomic mass is 32.1. The number of fused-ring (bicyclic) bond motifs is 2. The Bertz CT molecular complexity index is 1050. The number of aryl methyl sites for hydroxylation is 1. The minimum absolute atomic E-state index is 0.299. The number of ether oxygens (including phenoxy) is 1. The molecule has 2 atom stereocenters. The van der Waals surface area contributed by atoms with Crippen molar-refractivity contribution in [3.63, 3.8) is 0 Å². The number of amides is 1. The van der Waals surface area contributed by atoms with Gasteiger partial charge < -0.3 is 10.1 Å². The molecule has 0 saturated carbocycles. The molecule has 0 bridgehead atoms. The number of benzene rings is 1. The molecular formula is C23H24N2O3S. The molecule has 4 rings (SSSR count). The van der Waals surface area contributed by atoms with E-state index in [9.17, 15) is 9.59 Å². The van der Waals surface area contributed by atoms with E-state index in [4.69, 9.17) is 9.72 Å². The fourth-order valence-electron chi connectivity index (χ4n) is 3.80. The van der Waals surface area contributed by atoms with E-state index in [1.807, 2.05) is 41.8 Å². The second-order valence-corrected chi connectivity index (χ2v) is 8.65. The third-order valence-electron chi connectivity index (χ3n) is 5.38. The summed E-state index contributed by atoms with van der Waals surface area (Å²) >= 11 is 1.58. The van der Waals surface area contributed by atoms with Gasteiger partial charge in [0.15, 0.2) is 6.10 Å². The monoisotopic (exact) mass is 408 g/mol. The fourth-order valence-corrected chi connectivity index (χ4v) is 4.44. The second-order valence-electron chi connectivity index (χ2n) is 7.62. The molecule has 3 aromatic rings. The van der Waals surface area contributed by atoms with Crippen LogP contribution in [0.5, 0.6) is 0 Å². The van der Waals surface area contributed by atoms with Gasteiger partial charge in [-0.2, -0.15) is 0 Å². The lowest BCUT2D eigenvalue weighted by Gasteiger charge is -2.24. The Morgan fingerprint density at radius 1 is 1.28 bits per heavy atom. The molecule has 0 saturated heterocycles. The minimum atomic E-state index is -0.869. The van der Waals surface area contributed by atoms with Gasteiger partial charge in [-0.15, -0.1) is 11.3 Å². The van der Waals surface area contributed by atoms with E-state index >= 15 is 0 Å². The zero-order chi connectivity index (χ0) is 20.4. The van der Waals surface area contributed by atoms with Gasteiger partial charge in [0.1, 0.15) is 0 Å². The zero-order valence-electron chi connectivity index (χ0n) is 16.6. The molecular weight excluding hydrogens is 384 g/mol. The Balaban J connectivity index is 1.57. The lowest BCUT2D eigenvalue weighted by atomic mass is 9.84. The van der Waals surface area contributed by atoms with Gasteiger partial charge in [0.25, 0.3) is 5.91 Å². The van der Waals surface area contributed by atoms with Crippen LogP contribution < -0.4 is 5.32 Å². The molecule has 2 aromatic heterocycles. The highest BCUT2D eigenvalue weighted by molar-refractivity contribution is 7.09. The summed E-state index contributed by atoms with van der Waals surface area (Å²) in [6.07, 6.45) is 1.86. The summed E-state index contributed by atoms with van der Waals surface area (Å²) in [6, 6.07) is 11.5. The molecule has 6 heteroatoms. The number of pyridine rings is 1. The molecule has 0 spiro atoms. The van der Waals surface area contributed by atoms with Crippen molar-refractivity contribution in [1.29, 1.82) is 0 Å².